The van der Waals surface area contributed by atoms with Crippen LogP contribution in [0, 0.1) is 26.7 Å². The van der Waals surface area contributed by atoms with Crippen LogP contribution in [0.1, 0.15) is 62.6 Å². The van der Waals surface area contributed by atoms with Gasteiger partial charge in [-0.25, -0.2) is 14.8 Å². The standard InChI is InChI=1S/C24H29N5O.C21H30N4O2/c1-5-19-10-12-29(22-14-26-24-23(17(22)3)25-11-13-30-24)15-21(19)28-18(4)27-20-8-6-16(2)7-9-20;1-3-16-13-18(14-16)24-10-8-23(9-11-24)17-4-5-19(15(2)12-17)25-7-6-20(26)22-21(25)27/h5-9,14,25,27H,4,10-13,15H2,1-3H3;4-5,12,16,18H,3,6-11,13-14H2,1-2H3,(H,22,26,27)/b19-5-,28-21-;. The number of hydrogen-bond acceptors (Lipinski definition) is 10. The van der Waals surface area contributed by atoms with Crippen LogP contribution in [0.4, 0.5) is 33.2 Å². The minimum absolute atomic E-state index is 0.194. The van der Waals surface area contributed by atoms with Crippen molar-refractivity contribution < 1.29 is 14.3 Å². The Kier molecular flexibility index (Phi) is 12.5. The summed E-state index contributed by atoms with van der Waals surface area (Å²) in [7, 11) is 0. The number of anilines is 5. The number of imide groups is 1. The number of nitrogens with zero attached hydrogens (tertiary/aromatic N) is 6. The molecule has 12 heteroatoms. The average Bonchev–Trinajstić information content (AvgIpc) is 3.19. The van der Waals surface area contributed by atoms with Gasteiger partial charge in [0.05, 0.1) is 24.1 Å². The summed E-state index contributed by atoms with van der Waals surface area (Å²) in [5.41, 5.74) is 11.0. The minimum Gasteiger partial charge on any atom is -0.474 e. The molecule has 12 nitrogen and oxygen atoms in total. The normalized spacial score (nSPS) is 22.4. The number of carbonyl (C=O) groups excluding carboxylic acids is 2. The summed E-state index contributed by atoms with van der Waals surface area (Å²) in [5.74, 6) is 2.09. The molecule has 4 aliphatic heterocycles. The van der Waals surface area contributed by atoms with Crippen molar-refractivity contribution in [2.45, 2.75) is 72.8 Å². The predicted molar refractivity (Wildman–Crippen MR) is 232 cm³/mol. The van der Waals surface area contributed by atoms with Crippen molar-refractivity contribution in [3.05, 3.63) is 89.4 Å². The molecular weight excluding hydrogens is 715 g/mol. The number of nitrogens with one attached hydrogen (secondary N) is 3. The molecule has 3 amide bonds. The van der Waals surface area contributed by atoms with Gasteiger partial charge in [0.15, 0.2) is 0 Å². The van der Waals surface area contributed by atoms with Crippen LogP contribution in [-0.4, -0.2) is 92.5 Å². The summed E-state index contributed by atoms with van der Waals surface area (Å²) in [4.78, 5) is 42.0. The van der Waals surface area contributed by atoms with Gasteiger partial charge in [0.25, 0.3) is 0 Å². The number of ether oxygens (including phenoxy) is 1. The molecule has 57 heavy (non-hydrogen) atoms. The number of aromatic nitrogens is 1. The summed E-state index contributed by atoms with van der Waals surface area (Å²) in [6, 6.07) is 15.0. The van der Waals surface area contributed by atoms with E-state index in [1.807, 2.05) is 31.3 Å². The number of allylic oxidation sites excluding steroid dienone is 1. The molecule has 0 unspecified atom stereocenters. The summed E-state index contributed by atoms with van der Waals surface area (Å²) in [5, 5.41) is 9.13. The molecule has 8 rings (SSSR count). The Hall–Kier alpha value is -5.36. The zero-order chi connectivity index (χ0) is 40.1. The van der Waals surface area contributed by atoms with Crippen molar-refractivity contribution >= 4 is 46.1 Å². The van der Waals surface area contributed by atoms with Crippen molar-refractivity contribution in [3.8, 4) is 5.88 Å². The first kappa shape index (κ1) is 39.9. The predicted octanol–water partition coefficient (Wildman–Crippen LogP) is 7.44. The van der Waals surface area contributed by atoms with E-state index in [1.165, 1.54) is 41.6 Å². The first-order valence-electron chi connectivity index (χ1n) is 20.7. The first-order valence-corrected chi connectivity index (χ1v) is 20.7. The lowest BCUT2D eigenvalue weighted by Crippen LogP contribution is -2.54. The second-order valence-electron chi connectivity index (χ2n) is 15.9. The van der Waals surface area contributed by atoms with Crippen LogP contribution in [0.2, 0.25) is 0 Å². The fourth-order valence-corrected chi connectivity index (χ4v) is 8.52. The van der Waals surface area contributed by atoms with Crippen LogP contribution in [0.15, 0.2) is 77.7 Å². The number of urea groups is 1. The molecule has 1 aliphatic carbocycles. The Morgan fingerprint density at radius 1 is 0.982 bits per heavy atom. The third kappa shape index (κ3) is 9.28. The van der Waals surface area contributed by atoms with Crippen LogP contribution in [-0.2, 0) is 4.79 Å². The maximum Gasteiger partial charge on any atom is 0.328 e. The number of piperidine rings is 1. The number of aliphatic imine (C=N–C) groups is 1. The molecule has 1 saturated carbocycles. The van der Waals surface area contributed by atoms with E-state index in [2.05, 4.69) is 100 Å². The van der Waals surface area contributed by atoms with Gasteiger partial charge in [0, 0.05) is 80.9 Å². The van der Waals surface area contributed by atoms with E-state index >= 15 is 0 Å². The van der Waals surface area contributed by atoms with Crippen molar-refractivity contribution in [1.29, 1.82) is 0 Å². The molecular formula is C45H59N9O3. The maximum atomic E-state index is 12.1. The molecule has 5 aliphatic rings. The van der Waals surface area contributed by atoms with Gasteiger partial charge >= 0.3 is 6.03 Å². The number of carbonyl (C=O) groups is 2. The average molecular weight is 774 g/mol. The maximum absolute atomic E-state index is 12.1. The number of fused-ring (bicyclic) bond motifs is 1. The van der Waals surface area contributed by atoms with Crippen molar-refractivity contribution in [2.24, 2.45) is 10.9 Å². The first-order chi connectivity index (χ1) is 27.6. The molecule has 1 aromatic heterocycles. The summed E-state index contributed by atoms with van der Waals surface area (Å²) in [6.07, 6.45) is 9.45. The second kappa shape index (κ2) is 17.8. The third-order valence-electron chi connectivity index (χ3n) is 12.1. The fraction of sp³-hybridized carbons (Fsp3) is 0.467. The van der Waals surface area contributed by atoms with Crippen molar-refractivity contribution in [2.75, 3.05) is 84.3 Å². The number of benzene rings is 2. The molecule has 3 aromatic rings. The number of hydrogen-bond donors (Lipinski definition) is 3. The van der Waals surface area contributed by atoms with Crippen LogP contribution in [0.25, 0.3) is 0 Å². The number of amides is 3. The van der Waals surface area contributed by atoms with E-state index in [1.54, 1.807) is 4.90 Å². The van der Waals surface area contributed by atoms with E-state index in [4.69, 9.17) is 9.73 Å². The zero-order valence-electron chi connectivity index (χ0n) is 34.4. The monoisotopic (exact) mass is 773 g/mol. The zero-order valence-corrected chi connectivity index (χ0v) is 34.4. The number of pyridine rings is 1. The van der Waals surface area contributed by atoms with E-state index in [-0.39, 0.29) is 11.9 Å². The van der Waals surface area contributed by atoms with E-state index < -0.39 is 0 Å². The van der Waals surface area contributed by atoms with Gasteiger partial charge in [0.2, 0.25) is 11.8 Å². The molecule has 0 bridgehead atoms. The number of aryl methyl sites for hydroxylation is 2. The van der Waals surface area contributed by atoms with Crippen molar-refractivity contribution in [3.63, 3.8) is 0 Å². The highest BCUT2D eigenvalue weighted by Crippen LogP contribution is 2.37. The van der Waals surface area contributed by atoms with E-state index in [0.717, 1.165) is 98.2 Å². The second-order valence-corrected chi connectivity index (χ2v) is 15.9. The van der Waals surface area contributed by atoms with Crippen LogP contribution < -0.4 is 35.4 Å². The van der Waals surface area contributed by atoms with Gasteiger partial charge in [-0.05, 0) is 94.3 Å². The molecule has 0 radical (unpaired) electrons. The van der Waals surface area contributed by atoms with Crippen LogP contribution in [0.3, 0.4) is 0 Å². The van der Waals surface area contributed by atoms with Crippen LogP contribution in [0.5, 0.6) is 5.88 Å². The molecule has 302 valence electrons. The number of rotatable bonds is 8. The topological polar surface area (TPSA) is 118 Å². The van der Waals surface area contributed by atoms with Gasteiger partial charge in [-0.15, -0.1) is 0 Å². The summed E-state index contributed by atoms with van der Waals surface area (Å²) >= 11 is 0. The highest BCUT2D eigenvalue weighted by molar-refractivity contribution is 6.06. The van der Waals surface area contributed by atoms with E-state index in [0.29, 0.717) is 31.3 Å². The SMILES string of the molecule is C=C(/N=C1/CN(c2cnc3c(c2C)NCCO3)CC/C1=C/C)Nc1ccc(C)cc1.CCC1CC(N2CCN(c3ccc(N4CCC(=O)NC4=O)c(C)c3)CC2)C1. The quantitative estimate of drug-likeness (QED) is 0.215. The Balaban J connectivity index is 0.000000175. The summed E-state index contributed by atoms with van der Waals surface area (Å²) < 4.78 is 5.67. The lowest BCUT2D eigenvalue weighted by Gasteiger charge is -2.47. The van der Waals surface area contributed by atoms with Gasteiger partial charge in [0.1, 0.15) is 18.1 Å². The Bertz CT molecular complexity index is 2010. The third-order valence-corrected chi connectivity index (χ3v) is 12.1. The minimum atomic E-state index is -0.318. The molecule has 0 spiro atoms. The Morgan fingerprint density at radius 3 is 2.46 bits per heavy atom. The van der Waals surface area contributed by atoms with Gasteiger partial charge in [-0.3, -0.25) is 19.9 Å². The Labute approximate surface area is 338 Å². The lowest BCUT2D eigenvalue weighted by atomic mass is 9.77. The molecule has 5 heterocycles. The summed E-state index contributed by atoms with van der Waals surface area (Å²) in [6.45, 7) is 22.7. The number of piperazine rings is 1. The molecule has 3 saturated heterocycles. The highest BCUT2D eigenvalue weighted by atomic mass is 16.5. The van der Waals surface area contributed by atoms with Gasteiger partial charge < -0.3 is 25.2 Å². The van der Waals surface area contributed by atoms with Crippen LogP contribution >= 0.6 is 0 Å². The van der Waals surface area contributed by atoms with Gasteiger partial charge in [-0.1, -0.05) is 43.7 Å². The highest BCUT2D eigenvalue weighted by Gasteiger charge is 2.34. The molecule has 2 aromatic carbocycles. The molecule has 3 N–H and O–H groups in total. The largest absolute Gasteiger partial charge is 0.474 e. The Morgan fingerprint density at radius 2 is 1.75 bits per heavy atom. The van der Waals surface area contributed by atoms with Gasteiger partial charge in [-0.2, -0.15) is 0 Å². The van der Waals surface area contributed by atoms with E-state index in [9.17, 15) is 9.59 Å². The smallest absolute Gasteiger partial charge is 0.328 e. The molecule has 4 fully saturated rings. The lowest BCUT2D eigenvalue weighted by molar-refractivity contribution is -0.120. The van der Waals surface area contributed by atoms with Crippen molar-refractivity contribution in [1.82, 2.24) is 15.2 Å². The molecule has 0 atom stereocenters. The fourth-order valence-electron chi connectivity index (χ4n) is 8.52.